The molecule has 0 saturated heterocycles. The molecular weight excluding hydrogens is 250 g/mol. The highest BCUT2D eigenvalue weighted by Gasteiger charge is 2.31. The zero-order valence-electron chi connectivity index (χ0n) is 11.7. The summed E-state index contributed by atoms with van der Waals surface area (Å²) < 4.78 is 0. The van der Waals surface area contributed by atoms with Gasteiger partial charge in [0.15, 0.2) is 0 Å². The molecule has 1 aromatic carbocycles. The highest BCUT2D eigenvalue weighted by molar-refractivity contribution is 5.90. The van der Waals surface area contributed by atoms with E-state index in [0.717, 1.165) is 44.2 Å². The molecule has 1 fully saturated rings. The smallest absolute Gasteiger partial charge is 0.319 e. The van der Waals surface area contributed by atoms with Gasteiger partial charge in [-0.05, 0) is 25.0 Å². The molecule has 1 aliphatic rings. The molecule has 20 heavy (non-hydrogen) atoms. The number of rotatable bonds is 2. The zero-order valence-corrected chi connectivity index (χ0v) is 11.7. The number of nitrogens with one attached hydrogen (secondary N) is 2. The molecule has 2 rings (SSSR count). The minimum absolute atomic E-state index is 0.293. The molecule has 0 aliphatic heterocycles. The second kappa shape index (κ2) is 6.95. The van der Waals surface area contributed by atoms with Gasteiger partial charge >= 0.3 is 6.03 Å². The van der Waals surface area contributed by atoms with Crippen LogP contribution in [0.15, 0.2) is 30.3 Å². The summed E-state index contributed by atoms with van der Waals surface area (Å²) in [5.74, 6) is 0. The van der Waals surface area contributed by atoms with Gasteiger partial charge < -0.3 is 10.6 Å². The normalized spacial score (nSPS) is 18.1. The van der Waals surface area contributed by atoms with E-state index in [4.69, 9.17) is 0 Å². The van der Waals surface area contributed by atoms with Crippen LogP contribution in [0.3, 0.4) is 0 Å². The molecule has 4 heteroatoms. The van der Waals surface area contributed by atoms with Crippen LogP contribution < -0.4 is 10.6 Å². The average molecular weight is 271 g/mol. The second-order valence-electron chi connectivity index (χ2n) is 5.41. The molecule has 2 N–H and O–H groups in total. The summed E-state index contributed by atoms with van der Waals surface area (Å²) in [6, 6.07) is 11.3. The van der Waals surface area contributed by atoms with E-state index in [-0.39, 0.29) is 6.03 Å². The van der Waals surface area contributed by atoms with Gasteiger partial charge in [-0.25, -0.2) is 4.79 Å². The number of hydrogen-bond donors (Lipinski definition) is 2. The Kier molecular flexibility index (Phi) is 5.00. The molecule has 0 atom stereocenters. The fraction of sp³-hybridized carbons (Fsp3) is 0.500. The van der Waals surface area contributed by atoms with Crippen molar-refractivity contribution in [2.24, 2.45) is 0 Å². The predicted octanol–water partition coefficient (Wildman–Crippen LogP) is 3.81. The van der Waals surface area contributed by atoms with Crippen molar-refractivity contribution in [3.8, 4) is 6.07 Å². The van der Waals surface area contributed by atoms with Crippen LogP contribution in [0.2, 0.25) is 0 Å². The summed E-state index contributed by atoms with van der Waals surface area (Å²) >= 11 is 0. The van der Waals surface area contributed by atoms with Gasteiger partial charge in [-0.2, -0.15) is 5.26 Å². The maximum atomic E-state index is 12.1. The van der Waals surface area contributed by atoms with Crippen LogP contribution in [0.5, 0.6) is 0 Å². The first-order valence-electron chi connectivity index (χ1n) is 7.30. The largest absolute Gasteiger partial charge is 0.320 e. The van der Waals surface area contributed by atoms with Crippen LogP contribution in [0.1, 0.15) is 44.9 Å². The van der Waals surface area contributed by atoms with Crippen LogP contribution in [-0.4, -0.2) is 11.6 Å². The van der Waals surface area contributed by atoms with Crippen LogP contribution in [-0.2, 0) is 0 Å². The minimum atomic E-state index is -0.709. The molecular formula is C16H21N3O. The summed E-state index contributed by atoms with van der Waals surface area (Å²) in [7, 11) is 0. The molecule has 0 heterocycles. The number of carbonyl (C=O) groups excluding carboxylic acids is 1. The number of carbonyl (C=O) groups is 1. The molecule has 4 nitrogen and oxygen atoms in total. The zero-order chi connectivity index (χ0) is 14.3. The fourth-order valence-electron chi connectivity index (χ4n) is 2.67. The Morgan fingerprint density at radius 1 is 1.05 bits per heavy atom. The quantitative estimate of drug-likeness (QED) is 0.859. The highest BCUT2D eigenvalue weighted by atomic mass is 16.2. The Morgan fingerprint density at radius 3 is 2.25 bits per heavy atom. The molecule has 0 radical (unpaired) electrons. The lowest BCUT2D eigenvalue weighted by Gasteiger charge is -2.29. The van der Waals surface area contributed by atoms with E-state index in [0.29, 0.717) is 0 Å². The van der Waals surface area contributed by atoms with Crippen LogP contribution >= 0.6 is 0 Å². The second-order valence-corrected chi connectivity index (χ2v) is 5.41. The van der Waals surface area contributed by atoms with Gasteiger partial charge in [-0.15, -0.1) is 0 Å². The number of hydrogen-bond acceptors (Lipinski definition) is 2. The lowest BCUT2D eigenvalue weighted by molar-refractivity contribution is 0.236. The summed E-state index contributed by atoms with van der Waals surface area (Å²) in [5.41, 5.74) is 0.0307. The van der Waals surface area contributed by atoms with Crippen LogP contribution in [0.4, 0.5) is 10.5 Å². The Balaban J connectivity index is 1.97. The van der Waals surface area contributed by atoms with Crippen LogP contribution in [0, 0.1) is 11.3 Å². The topological polar surface area (TPSA) is 64.9 Å². The van der Waals surface area contributed by atoms with Crippen molar-refractivity contribution in [3.63, 3.8) is 0 Å². The lowest BCUT2D eigenvalue weighted by Crippen LogP contribution is -2.49. The van der Waals surface area contributed by atoms with Gasteiger partial charge in [-0.1, -0.05) is 50.3 Å². The monoisotopic (exact) mass is 271 g/mol. The number of nitrogens with zero attached hydrogens (tertiary/aromatic N) is 1. The summed E-state index contributed by atoms with van der Waals surface area (Å²) in [4.78, 5) is 12.1. The summed E-state index contributed by atoms with van der Waals surface area (Å²) in [5, 5.41) is 15.2. The standard InChI is InChI=1S/C16H21N3O/c17-13-16(11-7-2-1-3-8-12-16)19-15(20)18-14-9-5-4-6-10-14/h4-6,9-10H,1-3,7-8,11-12H2,(H2,18,19,20). The molecule has 1 aliphatic carbocycles. The average Bonchev–Trinajstić information content (AvgIpc) is 2.43. The Labute approximate surface area is 120 Å². The van der Waals surface area contributed by atoms with Gasteiger partial charge in [-0.3, -0.25) is 0 Å². The maximum absolute atomic E-state index is 12.1. The van der Waals surface area contributed by atoms with Gasteiger partial charge in [0.1, 0.15) is 5.54 Å². The van der Waals surface area contributed by atoms with Crippen molar-refractivity contribution < 1.29 is 4.79 Å². The SMILES string of the molecule is N#CC1(NC(=O)Nc2ccccc2)CCCCCCC1. The third kappa shape index (κ3) is 3.99. The third-order valence-electron chi connectivity index (χ3n) is 3.81. The first-order chi connectivity index (χ1) is 9.74. The molecule has 1 aromatic rings. The molecule has 2 amide bonds. The lowest BCUT2D eigenvalue weighted by atomic mass is 9.85. The number of nitriles is 1. The number of para-hydroxylation sites is 1. The van der Waals surface area contributed by atoms with Crippen LogP contribution in [0.25, 0.3) is 0 Å². The van der Waals surface area contributed by atoms with Gasteiger partial charge in [0, 0.05) is 5.69 Å². The van der Waals surface area contributed by atoms with Gasteiger partial charge in [0.25, 0.3) is 0 Å². The number of benzene rings is 1. The first-order valence-corrected chi connectivity index (χ1v) is 7.30. The van der Waals surface area contributed by atoms with Crippen molar-refractivity contribution in [1.82, 2.24) is 5.32 Å². The van der Waals surface area contributed by atoms with Gasteiger partial charge in [0.2, 0.25) is 0 Å². The van der Waals surface area contributed by atoms with E-state index in [2.05, 4.69) is 16.7 Å². The van der Waals surface area contributed by atoms with Crippen molar-refractivity contribution in [2.75, 3.05) is 5.32 Å². The van der Waals surface area contributed by atoms with E-state index in [1.54, 1.807) is 0 Å². The molecule has 0 spiro atoms. The summed E-state index contributed by atoms with van der Waals surface area (Å²) in [6.07, 6.45) is 7.00. The van der Waals surface area contributed by atoms with Crippen molar-refractivity contribution in [3.05, 3.63) is 30.3 Å². The Bertz CT molecular complexity index is 470. The third-order valence-corrected chi connectivity index (χ3v) is 3.81. The predicted molar refractivity (Wildman–Crippen MR) is 79.3 cm³/mol. The molecule has 0 unspecified atom stereocenters. The molecule has 106 valence electrons. The maximum Gasteiger partial charge on any atom is 0.320 e. The Morgan fingerprint density at radius 2 is 1.65 bits per heavy atom. The summed E-state index contributed by atoms with van der Waals surface area (Å²) in [6.45, 7) is 0. The van der Waals surface area contributed by atoms with Crippen molar-refractivity contribution in [1.29, 1.82) is 5.26 Å². The van der Waals surface area contributed by atoms with E-state index in [1.807, 2.05) is 30.3 Å². The van der Waals surface area contributed by atoms with E-state index >= 15 is 0 Å². The number of amides is 2. The van der Waals surface area contributed by atoms with Crippen molar-refractivity contribution in [2.45, 2.75) is 50.5 Å². The van der Waals surface area contributed by atoms with E-state index in [1.165, 1.54) is 6.42 Å². The van der Waals surface area contributed by atoms with E-state index in [9.17, 15) is 10.1 Å². The molecule has 1 saturated carbocycles. The fourth-order valence-corrected chi connectivity index (χ4v) is 2.67. The van der Waals surface area contributed by atoms with Crippen molar-refractivity contribution >= 4 is 11.7 Å². The number of anilines is 1. The first kappa shape index (κ1) is 14.4. The number of urea groups is 1. The van der Waals surface area contributed by atoms with E-state index < -0.39 is 5.54 Å². The highest BCUT2D eigenvalue weighted by Crippen LogP contribution is 2.26. The molecule has 0 bridgehead atoms. The Hall–Kier alpha value is -2.02. The molecule has 0 aromatic heterocycles. The van der Waals surface area contributed by atoms with Gasteiger partial charge in [0.05, 0.1) is 6.07 Å². The minimum Gasteiger partial charge on any atom is -0.319 e.